The third-order valence-electron chi connectivity index (χ3n) is 3.48. The Morgan fingerprint density at radius 3 is 2.84 bits per heavy atom. The fourth-order valence-corrected chi connectivity index (χ4v) is 2.84. The molecule has 1 amide bonds. The van der Waals surface area contributed by atoms with E-state index in [9.17, 15) is 4.79 Å². The lowest BCUT2D eigenvalue weighted by atomic mass is 10.1. The Labute approximate surface area is 118 Å². The minimum atomic E-state index is 0.154. The maximum Gasteiger partial charge on any atom is 0.236 e. The highest BCUT2D eigenvalue weighted by Crippen LogP contribution is 2.11. The summed E-state index contributed by atoms with van der Waals surface area (Å²) in [6.45, 7) is 4.92. The third-order valence-corrected chi connectivity index (χ3v) is 4.30. The van der Waals surface area contributed by atoms with E-state index in [-0.39, 0.29) is 5.91 Å². The number of carbonyl (C=O) groups is 1. The molecule has 2 heterocycles. The highest BCUT2D eigenvalue weighted by molar-refractivity contribution is 7.09. The first kappa shape index (κ1) is 14.4. The lowest BCUT2D eigenvalue weighted by Crippen LogP contribution is -2.44. The molecule has 19 heavy (non-hydrogen) atoms. The first-order valence-electron chi connectivity index (χ1n) is 6.67. The van der Waals surface area contributed by atoms with Crippen LogP contribution in [0.2, 0.25) is 0 Å². The van der Waals surface area contributed by atoms with Crippen molar-refractivity contribution in [3.8, 4) is 0 Å². The van der Waals surface area contributed by atoms with Crippen molar-refractivity contribution in [3.05, 3.63) is 16.1 Å². The van der Waals surface area contributed by atoms with Crippen LogP contribution in [0, 0.1) is 6.92 Å². The largest absolute Gasteiger partial charge is 0.339 e. The van der Waals surface area contributed by atoms with Crippen molar-refractivity contribution in [1.82, 2.24) is 14.8 Å². The highest BCUT2D eigenvalue weighted by Gasteiger charge is 2.20. The number of aryl methyl sites for hydroxylation is 1. The maximum atomic E-state index is 12.1. The van der Waals surface area contributed by atoms with Crippen LogP contribution in [0.3, 0.4) is 0 Å². The van der Waals surface area contributed by atoms with Crippen molar-refractivity contribution in [2.45, 2.75) is 32.4 Å². The summed E-state index contributed by atoms with van der Waals surface area (Å²) in [5.41, 5.74) is 6.83. The van der Waals surface area contributed by atoms with E-state index in [0.717, 1.165) is 36.6 Å². The lowest BCUT2D eigenvalue weighted by Gasteiger charge is -2.30. The quantitative estimate of drug-likeness (QED) is 0.888. The Bertz CT molecular complexity index is 426. The fraction of sp³-hybridized carbons (Fsp3) is 0.692. The molecule has 6 heteroatoms. The second kappa shape index (κ2) is 6.45. The van der Waals surface area contributed by atoms with Crippen LogP contribution in [0.5, 0.6) is 0 Å². The summed E-state index contributed by atoms with van der Waals surface area (Å²) in [6.07, 6.45) is 1.98. The normalized spacial score (nSPS) is 17.6. The Hall–Kier alpha value is -0.980. The number of carbonyl (C=O) groups excluding carboxylic acids is 1. The van der Waals surface area contributed by atoms with E-state index < -0.39 is 0 Å². The number of rotatable bonds is 4. The molecule has 2 rings (SSSR count). The third kappa shape index (κ3) is 4.26. The standard InChI is InChI=1S/C13H22N4OS/c1-10-15-12(9-19-10)7-16(2)13(18)8-17-5-3-11(14)4-6-17/h9,11H,3-8,14H2,1-2H3. The predicted octanol–water partition coefficient (Wildman–Crippen LogP) is 0.833. The number of hydrogen-bond acceptors (Lipinski definition) is 5. The lowest BCUT2D eigenvalue weighted by molar-refractivity contribution is -0.132. The smallest absolute Gasteiger partial charge is 0.236 e. The average molecular weight is 282 g/mol. The van der Waals surface area contributed by atoms with E-state index in [4.69, 9.17) is 5.73 Å². The average Bonchev–Trinajstić information content (AvgIpc) is 2.77. The first-order chi connectivity index (χ1) is 9.04. The van der Waals surface area contributed by atoms with Crippen molar-refractivity contribution < 1.29 is 4.79 Å². The molecule has 1 aromatic heterocycles. The van der Waals surface area contributed by atoms with Crippen LogP contribution in [0.15, 0.2) is 5.38 Å². The number of aromatic nitrogens is 1. The van der Waals surface area contributed by atoms with Crippen LogP contribution >= 0.6 is 11.3 Å². The number of hydrogen-bond donors (Lipinski definition) is 1. The molecule has 1 aliphatic heterocycles. The van der Waals surface area contributed by atoms with Crippen molar-refractivity contribution in [2.24, 2.45) is 5.73 Å². The first-order valence-corrected chi connectivity index (χ1v) is 7.55. The van der Waals surface area contributed by atoms with Crippen molar-refractivity contribution in [3.63, 3.8) is 0 Å². The molecular formula is C13H22N4OS. The number of amides is 1. The zero-order valence-corrected chi connectivity index (χ0v) is 12.4. The molecular weight excluding hydrogens is 260 g/mol. The van der Waals surface area contributed by atoms with Crippen LogP contribution in [0.1, 0.15) is 23.5 Å². The number of piperidine rings is 1. The minimum Gasteiger partial charge on any atom is -0.339 e. The Kier molecular flexibility index (Phi) is 4.90. The predicted molar refractivity (Wildman–Crippen MR) is 77.0 cm³/mol. The monoisotopic (exact) mass is 282 g/mol. The molecule has 1 aromatic rings. The molecule has 0 bridgehead atoms. The van der Waals surface area contributed by atoms with E-state index in [0.29, 0.717) is 19.1 Å². The maximum absolute atomic E-state index is 12.1. The fourth-order valence-electron chi connectivity index (χ4n) is 2.24. The molecule has 0 saturated carbocycles. The van der Waals surface area contributed by atoms with Gasteiger partial charge in [0.1, 0.15) is 0 Å². The van der Waals surface area contributed by atoms with Gasteiger partial charge in [-0.1, -0.05) is 0 Å². The van der Waals surface area contributed by atoms with Crippen molar-refractivity contribution >= 4 is 17.2 Å². The van der Waals surface area contributed by atoms with Gasteiger partial charge in [-0.2, -0.15) is 0 Å². The summed E-state index contributed by atoms with van der Waals surface area (Å²) in [7, 11) is 1.84. The minimum absolute atomic E-state index is 0.154. The van der Waals surface area contributed by atoms with Gasteiger partial charge in [-0.15, -0.1) is 11.3 Å². The van der Waals surface area contributed by atoms with Gasteiger partial charge in [0.05, 0.1) is 23.8 Å². The van der Waals surface area contributed by atoms with Gasteiger partial charge in [0, 0.05) is 31.6 Å². The summed E-state index contributed by atoms with van der Waals surface area (Å²) in [5, 5.41) is 3.06. The molecule has 1 saturated heterocycles. The number of nitrogens with two attached hydrogens (primary N) is 1. The molecule has 106 valence electrons. The molecule has 0 spiro atoms. The summed E-state index contributed by atoms with van der Waals surface area (Å²) in [5.74, 6) is 0.154. The van der Waals surface area contributed by atoms with Gasteiger partial charge in [0.15, 0.2) is 0 Å². The van der Waals surface area contributed by atoms with Crippen LogP contribution in [-0.2, 0) is 11.3 Å². The molecule has 1 fully saturated rings. The van der Waals surface area contributed by atoms with Crippen LogP contribution in [0.4, 0.5) is 0 Å². The van der Waals surface area contributed by atoms with E-state index in [1.165, 1.54) is 0 Å². The summed E-state index contributed by atoms with van der Waals surface area (Å²) < 4.78 is 0. The molecule has 2 N–H and O–H groups in total. The Morgan fingerprint density at radius 2 is 2.26 bits per heavy atom. The second-order valence-corrected chi connectivity index (χ2v) is 6.28. The van der Waals surface area contributed by atoms with Gasteiger partial charge >= 0.3 is 0 Å². The van der Waals surface area contributed by atoms with Gasteiger partial charge in [-0.3, -0.25) is 9.69 Å². The van der Waals surface area contributed by atoms with Crippen LogP contribution in [-0.4, -0.2) is 53.4 Å². The second-order valence-electron chi connectivity index (χ2n) is 5.22. The van der Waals surface area contributed by atoms with Gasteiger partial charge in [-0.25, -0.2) is 4.98 Å². The molecule has 1 aliphatic rings. The number of nitrogens with zero attached hydrogens (tertiary/aromatic N) is 3. The molecule has 0 atom stereocenters. The molecule has 5 nitrogen and oxygen atoms in total. The molecule has 0 radical (unpaired) electrons. The summed E-state index contributed by atoms with van der Waals surface area (Å²) in [6, 6.07) is 0.307. The van der Waals surface area contributed by atoms with E-state index in [1.807, 2.05) is 19.4 Å². The van der Waals surface area contributed by atoms with Gasteiger partial charge < -0.3 is 10.6 Å². The molecule has 0 aliphatic carbocycles. The van der Waals surface area contributed by atoms with E-state index in [1.54, 1.807) is 16.2 Å². The number of thiazole rings is 1. The summed E-state index contributed by atoms with van der Waals surface area (Å²) >= 11 is 1.62. The van der Waals surface area contributed by atoms with Crippen molar-refractivity contribution in [1.29, 1.82) is 0 Å². The Balaban J connectivity index is 1.79. The zero-order chi connectivity index (χ0) is 13.8. The van der Waals surface area contributed by atoms with Gasteiger partial charge in [0.25, 0.3) is 0 Å². The van der Waals surface area contributed by atoms with Crippen LogP contribution < -0.4 is 5.73 Å². The summed E-state index contributed by atoms with van der Waals surface area (Å²) in [4.78, 5) is 20.5. The number of likely N-dealkylation sites (N-methyl/N-ethyl adjacent to an activating group) is 1. The van der Waals surface area contributed by atoms with Gasteiger partial charge in [-0.05, 0) is 19.8 Å². The zero-order valence-electron chi connectivity index (χ0n) is 11.6. The van der Waals surface area contributed by atoms with E-state index >= 15 is 0 Å². The highest BCUT2D eigenvalue weighted by atomic mass is 32.1. The van der Waals surface area contributed by atoms with Gasteiger partial charge in [0.2, 0.25) is 5.91 Å². The van der Waals surface area contributed by atoms with Crippen molar-refractivity contribution in [2.75, 3.05) is 26.7 Å². The number of likely N-dealkylation sites (tertiary alicyclic amines) is 1. The Morgan fingerprint density at radius 1 is 1.58 bits per heavy atom. The molecule has 0 unspecified atom stereocenters. The van der Waals surface area contributed by atoms with E-state index in [2.05, 4.69) is 9.88 Å². The van der Waals surface area contributed by atoms with Crippen LogP contribution in [0.25, 0.3) is 0 Å². The topological polar surface area (TPSA) is 62.5 Å². The molecule has 0 aromatic carbocycles. The SMILES string of the molecule is Cc1nc(CN(C)C(=O)CN2CCC(N)CC2)cs1.